The van der Waals surface area contributed by atoms with Gasteiger partial charge in [0.1, 0.15) is 5.60 Å². The maximum Gasteiger partial charge on any atom is 0.188 e. The molecular formula is C16H21N3O2. The van der Waals surface area contributed by atoms with Crippen molar-refractivity contribution in [2.24, 2.45) is 5.73 Å². The number of likely N-dealkylation sites (tertiary alicyclic amines) is 1. The maximum absolute atomic E-state index is 7.88. The average Bonchev–Trinajstić information content (AvgIpc) is 2.96. The van der Waals surface area contributed by atoms with E-state index in [-0.39, 0.29) is 23.5 Å². The number of hydrogen-bond acceptors (Lipinski definition) is 3. The van der Waals surface area contributed by atoms with Crippen LogP contribution in [0, 0.1) is 5.41 Å². The largest absolute Gasteiger partial charge is 0.493 e. The van der Waals surface area contributed by atoms with Gasteiger partial charge in [0, 0.05) is 18.0 Å². The minimum absolute atomic E-state index is 0.170. The molecule has 1 saturated heterocycles. The fourth-order valence-electron chi connectivity index (χ4n) is 4.54. The van der Waals surface area contributed by atoms with E-state index in [4.69, 9.17) is 20.6 Å². The molecule has 0 unspecified atom stereocenters. The summed E-state index contributed by atoms with van der Waals surface area (Å²) in [5.74, 6) is 2.18. The number of nitrogens with one attached hydrogen (secondary N) is 1. The summed E-state index contributed by atoms with van der Waals surface area (Å²) in [5.41, 5.74) is 6.80. The van der Waals surface area contributed by atoms with E-state index >= 15 is 0 Å². The summed E-state index contributed by atoms with van der Waals surface area (Å²) in [6.45, 7) is 0.778. The lowest BCUT2D eigenvalue weighted by Crippen LogP contribution is -2.53. The summed E-state index contributed by atoms with van der Waals surface area (Å²) in [7, 11) is 1.69. The molecule has 0 aromatic heterocycles. The zero-order valence-electron chi connectivity index (χ0n) is 12.3. The Morgan fingerprint density at radius 2 is 2.33 bits per heavy atom. The topological polar surface area (TPSA) is 71.6 Å². The number of hydrogen-bond donors (Lipinski definition) is 2. The predicted molar refractivity (Wildman–Crippen MR) is 80.0 cm³/mol. The van der Waals surface area contributed by atoms with Gasteiger partial charge in [-0.15, -0.1) is 0 Å². The summed E-state index contributed by atoms with van der Waals surface area (Å²) < 4.78 is 12.0. The molecule has 21 heavy (non-hydrogen) atoms. The molecule has 3 atom stereocenters. The lowest BCUT2D eigenvalue weighted by molar-refractivity contribution is 0.0150. The molecule has 5 heteroatoms. The number of nitrogens with two attached hydrogens (primary N) is 1. The number of fused-ring (bicyclic) bond motifs is 2. The quantitative estimate of drug-likeness (QED) is 0.612. The van der Waals surface area contributed by atoms with E-state index in [9.17, 15) is 0 Å². The van der Waals surface area contributed by atoms with Gasteiger partial charge in [0.05, 0.1) is 13.2 Å². The lowest BCUT2D eigenvalue weighted by Gasteiger charge is -2.40. The zero-order valence-corrected chi connectivity index (χ0v) is 12.3. The molecule has 0 bridgehead atoms. The third-order valence-electron chi connectivity index (χ3n) is 5.41. The highest BCUT2D eigenvalue weighted by Gasteiger charge is 2.62. The number of methoxy groups -OCH3 is 1. The van der Waals surface area contributed by atoms with Crippen molar-refractivity contribution in [1.29, 1.82) is 5.41 Å². The van der Waals surface area contributed by atoms with Gasteiger partial charge in [0.15, 0.2) is 17.5 Å². The van der Waals surface area contributed by atoms with Gasteiger partial charge in [-0.05, 0) is 25.3 Å². The van der Waals surface area contributed by atoms with Crippen molar-refractivity contribution in [2.45, 2.75) is 43.2 Å². The van der Waals surface area contributed by atoms with Crippen LogP contribution in [0.5, 0.6) is 11.5 Å². The normalized spacial score (nSPS) is 32.9. The monoisotopic (exact) mass is 287 g/mol. The van der Waals surface area contributed by atoms with Crippen molar-refractivity contribution < 1.29 is 9.47 Å². The van der Waals surface area contributed by atoms with Crippen molar-refractivity contribution in [3.63, 3.8) is 0 Å². The summed E-state index contributed by atoms with van der Waals surface area (Å²) in [6, 6.07) is 6.32. The van der Waals surface area contributed by atoms with Gasteiger partial charge in [0.25, 0.3) is 0 Å². The fraction of sp³-hybridized carbons (Fsp3) is 0.562. The van der Waals surface area contributed by atoms with E-state index < -0.39 is 0 Å². The third-order valence-corrected chi connectivity index (χ3v) is 5.41. The predicted octanol–water partition coefficient (Wildman–Crippen LogP) is 2.06. The summed E-state index contributed by atoms with van der Waals surface area (Å²) >= 11 is 0. The first-order chi connectivity index (χ1) is 10.2. The maximum atomic E-state index is 7.88. The number of nitrogens with zero attached hydrogens (tertiary/aromatic N) is 1. The Kier molecular flexibility index (Phi) is 2.62. The SMILES string of the molecule is COc1cccc2c1O[C@]13CCCC[C@@H]1N(C(=N)N)C[C@H]23. The molecule has 112 valence electrons. The van der Waals surface area contributed by atoms with Crippen LogP contribution >= 0.6 is 0 Å². The van der Waals surface area contributed by atoms with Gasteiger partial charge >= 0.3 is 0 Å². The second-order valence-electron chi connectivity index (χ2n) is 6.29. The Labute approximate surface area is 124 Å². The molecule has 1 spiro atoms. The molecule has 2 fully saturated rings. The van der Waals surface area contributed by atoms with Crippen LogP contribution in [0.1, 0.15) is 37.2 Å². The second kappa shape index (κ2) is 4.29. The summed E-state index contributed by atoms with van der Waals surface area (Å²) in [5, 5.41) is 7.88. The van der Waals surface area contributed by atoms with Crippen LogP contribution in [0.2, 0.25) is 0 Å². The number of guanidine groups is 1. The molecule has 1 aliphatic carbocycles. The minimum atomic E-state index is -0.221. The molecule has 2 heterocycles. The van der Waals surface area contributed by atoms with Crippen molar-refractivity contribution in [3.8, 4) is 11.5 Å². The van der Waals surface area contributed by atoms with Gasteiger partial charge in [-0.2, -0.15) is 0 Å². The first kappa shape index (κ1) is 12.8. The molecule has 3 aliphatic rings. The van der Waals surface area contributed by atoms with Crippen LogP contribution < -0.4 is 15.2 Å². The highest BCUT2D eigenvalue weighted by atomic mass is 16.5. The summed E-state index contributed by atoms with van der Waals surface area (Å²) in [6.07, 6.45) is 4.44. The molecular weight excluding hydrogens is 266 g/mol. The van der Waals surface area contributed by atoms with Gasteiger partial charge in [-0.1, -0.05) is 18.6 Å². The first-order valence-corrected chi connectivity index (χ1v) is 7.64. The average molecular weight is 287 g/mol. The Morgan fingerprint density at radius 3 is 3.10 bits per heavy atom. The minimum Gasteiger partial charge on any atom is -0.493 e. The number of ether oxygens (including phenoxy) is 2. The molecule has 3 N–H and O–H groups in total. The highest BCUT2D eigenvalue weighted by Crippen LogP contribution is 2.58. The van der Waals surface area contributed by atoms with Crippen molar-refractivity contribution >= 4 is 5.96 Å². The summed E-state index contributed by atoms with van der Waals surface area (Å²) in [4.78, 5) is 2.03. The molecule has 0 radical (unpaired) electrons. The van der Waals surface area contributed by atoms with E-state index in [1.165, 1.54) is 18.4 Å². The van der Waals surface area contributed by atoms with Crippen LogP contribution in [-0.2, 0) is 0 Å². The van der Waals surface area contributed by atoms with Crippen LogP contribution in [0.15, 0.2) is 18.2 Å². The van der Waals surface area contributed by atoms with E-state index in [1.807, 2.05) is 17.0 Å². The van der Waals surface area contributed by atoms with Crippen molar-refractivity contribution in [2.75, 3.05) is 13.7 Å². The highest BCUT2D eigenvalue weighted by molar-refractivity contribution is 5.76. The number of rotatable bonds is 1. The molecule has 2 aliphatic heterocycles. The molecule has 1 aromatic carbocycles. The van der Waals surface area contributed by atoms with Crippen LogP contribution in [0.4, 0.5) is 0 Å². The van der Waals surface area contributed by atoms with E-state index in [0.29, 0.717) is 0 Å². The molecule has 0 amide bonds. The van der Waals surface area contributed by atoms with Gasteiger partial charge < -0.3 is 20.1 Å². The van der Waals surface area contributed by atoms with Crippen molar-refractivity contribution in [1.82, 2.24) is 4.90 Å². The number of benzene rings is 1. The first-order valence-electron chi connectivity index (χ1n) is 7.64. The molecule has 4 rings (SSSR count). The third kappa shape index (κ3) is 1.54. The lowest BCUT2D eigenvalue weighted by atomic mass is 9.74. The van der Waals surface area contributed by atoms with E-state index in [0.717, 1.165) is 30.9 Å². The molecule has 5 nitrogen and oxygen atoms in total. The number of para-hydroxylation sites is 1. The van der Waals surface area contributed by atoms with Gasteiger partial charge in [-0.3, -0.25) is 5.41 Å². The van der Waals surface area contributed by atoms with Crippen LogP contribution in [-0.4, -0.2) is 36.2 Å². The standard InChI is InChI=1S/C16H21N3O2/c1-20-12-6-4-5-10-11-9-19(15(17)18)13-7-2-3-8-16(11,13)21-14(10)12/h4-6,11,13H,2-3,7-9H2,1H3,(H3,17,18)/t11-,13+,16+/m1/s1. The fourth-order valence-corrected chi connectivity index (χ4v) is 4.54. The van der Waals surface area contributed by atoms with Crippen molar-refractivity contribution in [3.05, 3.63) is 23.8 Å². The molecule has 1 aromatic rings. The Hall–Kier alpha value is -1.91. The Bertz CT molecular complexity index is 603. The Morgan fingerprint density at radius 1 is 1.48 bits per heavy atom. The van der Waals surface area contributed by atoms with Crippen LogP contribution in [0.25, 0.3) is 0 Å². The van der Waals surface area contributed by atoms with Crippen LogP contribution in [0.3, 0.4) is 0 Å². The van der Waals surface area contributed by atoms with E-state index in [1.54, 1.807) is 7.11 Å². The van der Waals surface area contributed by atoms with E-state index in [2.05, 4.69) is 6.07 Å². The zero-order chi connectivity index (χ0) is 14.6. The van der Waals surface area contributed by atoms with Gasteiger partial charge in [0.2, 0.25) is 0 Å². The van der Waals surface area contributed by atoms with Gasteiger partial charge in [-0.25, -0.2) is 0 Å². The molecule has 1 saturated carbocycles. The Balaban J connectivity index is 1.82. The second-order valence-corrected chi connectivity index (χ2v) is 6.29. The smallest absolute Gasteiger partial charge is 0.188 e.